The standard InChI is InChI=1S/C13H18O4/c1-15-12(14)6-9-4-10-7-13(8-11(10)5-9)16-2-3-17-13/h6,10-11H,2-5,7-8H2,1H3. The maximum absolute atomic E-state index is 11.2. The third-order valence-electron chi connectivity index (χ3n) is 4.20. The van der Waals surface area contributed by atoms with E-state index in [0.29, 0.717) is 11.8 Å². The minimum absolute atomic E-state index is 0.233. The molecule has 1 heterocycles. The van der Waals surface area contributed by atoms with Crippen LogP contribution in [-0.2, 0) is 19.0 Å². The van der Waals surface area contributed by atoms with Crippen molar-refractivity contribution in [1.29, 1.82) is 0 Å². The molecule has 2 aliphatic carbocycles. The Morgan fingerprint density at radius 3 is 2.41 bits per heavy atom. The van der Waals surface area contributed by atoms with E-state index in [1.807, 2.05) is 0 Å². The third kappa shape index (κ3) is 2.00. The van der Waals surface area contributed by atoms with Gasteiger partial charge in [-0.3, -0.25) is 0 Å². The summed E-state index contributed by atoms with van der Waals surface area (Å²) < 4.78 is 16.1. The SMILES string of the molecule is COC(=O)C=C1CC2CC3(CC2C1)OCCO3. The quantitative estimate of drug-likeness (QED) is 0.514. The van der Waals surface area contributed by atoms with Crippen LogP contribution in [0.3, 0.4) is 0 Å². The van der Waals surface area contributed by atoms with Gasteiger partial charge in [0.05, 0.1) is 20.3 Å². The van der Waals surface area contributed by atoms with Crippen LogP contribution in [-0.4, -0.2) is 32.1 Å². The van der Waals surface area contributed by atoms with Gasteiger partial charge >= 0.3 is 5.97 Å². The fourth-order valence-electron chi connectivity index (χ4n) is 3.53. The van der Waals surface area contributed by atoms with Crippen molar-refractivity contribution in [3.63, 3.8) is 0 Å². The maximum atomic E-state index is 11.2. The van der Waals surface area contributed by atoms with Crippen molar-refractivity contribution in [3.8, 4) is 0 Å². The summed E-state index contributed by atoms with van der Waals surface area (Å²) in [6.45, 7) is 1.45. The Kier molecular flexibility index (Phi) is 2.71. The van der Waals surface area contributed by atoms with Gasteiger partial charge in [-0.05, 0) is 24.7 Å². The normalized spacial score (nSPS) is 34.1. The number of rotatable bonds is 1. The highest BCUT2D eigenvalue weighted by Gasteiger charge is 2.51. The molecule has 0 aromatic carbocycles. The minimum Gasteiger partial charge on any atom is -0.466 e. The molecule has 2 atom stereocenters. The highest BCUT2D eigenvalue weighted by Crippen LogP contribution is 2.53. The molecule has 1 spiro atoms. The Labute approximate surface area is 101 Å². The second kappa shape index (κ2) is 4.10. The Morgan fingerprint density at radius 2 is 1.88 bits per heavy atom. The molecule has 0 aromatic rings. The molecule has 4 nitrogen and oxygen atoms in total. The lowest BCUT2D eigenvalue weighted by atomic mass is 10.0. The molecule has 1 aliphatic heterocycles. The highest BCUT2D eigenvalue weighted by molar-refractivity contribution is 5.82. The van der Waals surface area contributed by atoms with Crippen molar-refractivity contribution in [2.24, 2.45) is 11.8 Å². The number of carbonyl (C=O) groups is 1. The molecule has 17 heavy (non-hydrogen) atoms. The Bertz CT molecular complexity index is 336. The van der Waals surface area contributed by atoms with Gasteiger partial charge in [0.1, 0.15) is 0 Å². The van der Waals surface area contributed by atoms with E-state index in [2.05, 4.69) is 4.74 Å². The molecule has 4 heteroatoms. The number of allylic oxidation sites excluding steroid dienone is 1. The van der Waals surface area contributed by atoms with Crippen molar-refractivity contribution in [2.45, 2.75) is 31.5 Å². The number of methoxy groups -OCH3 is 1. The second-order valence-corrected chi connectivity index (χ2v) is 5.27. The summed E-state index contributed by atoms with van der Waals surface area (Å²) in [5.41, 5.74) is 1.22. The summed E-state index contributed by atoms with van der Waals surface area (Å²) in [7, 11) is 1.42. The molecule has 0 N–H and O–H groups in total. The van der Waals surface area contributed by atoms with Crippen molar-refractivity contribution < 1.29 is 19.0 Å². The van der Waals surface area contributed by atoms with E-state index in [-0.39, 0.29) is 11.8 Å². The molecule has 3 fully saturated rings. The topological polar surface area (TPSA) is 44.8 Å². The summed E-state index contributed by atoms with van der Waals surface area (Å²) in [5.74, 6) is 0.711. The Morgan fingerprint density at radius 1 is 1.29 bits per heavy atom. The number of fused-ring (bicyclic) bond motifs is 1. The van der Waals surface area contributed by atoms with Gasteiger partial charge < -0.3 is 14.2 Å². The van der Waals surface area contributed by atoms with Crippen LogP contribution >= 0.6 is 0 Å². The predicted molar refractivity (Wildman–Crippen MR) is 60.2 cm³/mol. The van der Waals surface area contributed by atoms with Gasteiger partial charge in [-0.1, -0.05) is 5.57 Å². The number of carbonyl (C=O) groups excluding carboxylic acids is 1. The molecule has 0 bridgehead atoms. The summed E-state index contributed by atoms with van der Waals surface area (Å²) in [6, 6.07) is 0. The Hall–Kier alpha value is -0.870. The van der Waals surface area contributed by atoms with Gasteiger partial charge in [0, 0.05) is 18.9 Å². The van der Waals surface area contributed by atoms with Crippen LogP contribution in [0.25, 0.3) is 0 Å². The van der Waals surface area contributed by atoms with Crippen molar-refractivity contribution in [1.82, 2.24) is 0 Å². The lowest BCUT2D eigenvalue weighted by molar-refractivity contribution is -0.154. The zero-order chi connectivity index (χ0) is 11.9. The van der Waals surface area contributed by atoms with Crippen LogP contribution < -0.4 is 0 Å². The lowest BCUT2D eigenvalue weighted by Gasteiger charge is -2.22. The average molecular weight is 238 g/mol. The highest BCUT2D eigenvalue weighted by atomic mass is 16.7. The van der Waals surface area contributed by atoms with Gasteiger partial charge in [-0.25, -0.2) is 4.79 Å². The summed E-state index contributed by atoms with van der Waals surface area (Å²) in [5, 5.41) is 0. The van der Waals surface area contributed by atoms with Gasteiger partial charge in [-0.15, -0.1) is 0 Å². The van der Waals surface area contributed by atoms with Crippen molar-refractivity contribution in [3.05, 3.63) is 11.6 Å². The largest absolute Gasteiger partial charge is 0.466 e. The number of hydrogen-bond acceptors (Lipinski definition) is 4. The monoisotopic (exact) mass is 238 g/mol. The van der Waals surface area contributed by atoms with Crippen LogP contribution in [0.5, 0.6) is 0 Å². The fraction of sp³-hybridized carbons (Fsp3) is 0.769. The first-order valence-corrected chi connectivity index (χ1v) is 6.26. The van der Waals surface area contributed by atoms with Crippen molar-refractivity contribution >= 4 is 5.97 Å². The van der Waals surface area contributed by atoms with E-state index in [4.69, 9.17) is 9.47 Å². The molecular weight excluding hydrogens is 220 g/mol. The zero-order valence-electron chi connectivity index (χ0n) is 10.1. The summed E-state index contributed by atoms with van der Waals surface area (Å²) in [6.07, 6.45) is 5.61. The molecule has 94 valence electrons. The van der Waals surface area contributed by atoms with Gasteiger partial charge in [0.2, 0.25) is 0 Å². The van der Waals surface area contributed by atoms with E-state index in [1.165, 1.54) is 12.7 Å². The molecule has 3 rings (SSSR count). The third-order valence-corrected chi connectivity index (χ3v) is 4.20. The average Bonchev–Trinajstić information content (AvgIpc) is 2.95. The van der Waals surface area contributed by atoms with Crippen LogP contribution in [0, 0.1) is 11.8 Å². The first-order valence-electron chi connectivity index (χ1n) is 6.26. The summed E-state index contributed by atoms with van der Waals surface area (Å²) >= 11 is 0. The second-order valence-electron chi connectivity index (χ2n) is 5.27. The van der Waals surface area contributed by atoms with Gasteiger partial charge in [0.15, 0.2) is 5.79 Å². The summed E-state index contributed by atoms with van der Waals surface area (Å²) in [4.78, 5) is 11.2. The van der Waals surface area contributed by atoms with E-state index in [1.54, 1.807) is 6.08 Å². The first-order chi connectivity index (χ1) is 8.21. The number of hydrogen-bond donors (Lipinski definition) is 0. The molecule has 2 unspecified atom stereocenters. The molecule has 0 radical (unpaired) electrons. The van der Waals surface area contributed by atoms with Crippen LogP contribution in [0.15, 0.2) is 11.6 Å². The first kappa shape index (κ1) is 11.2. The molecule has 1 saturated heterocycles. The Balaban J connectivity index is 1.65. The maximum Gasteiger partial charge on any atom is 0.330 e. The van der Waals surface area contributed by atoms with Gasteiger partial charge in [0.25, 0.3) is 0 Å². The number of ether oxygens (including phenoxy) is 3. The van der Waals surface area contributed by atoms with E-state index in [9.17, 15) is 4.79 Å². The fourth-order valence-corrected chi connectivity index (χ4v) is 3.53. The minimum atomic E-state index is -0.286. The van der Waals surface area contributed by atoms with E-state index >= 15 is 0 Å². The molecular formula is C13H18O4. The van der Waals surface area contributed by atoms with Crippen molar-refractivity contribution in [2.75, 3.05) is 20.3 Å². The molecule has 2 saturated carbocycles. The molecule has 3 aliphatic rings. The molecule has 0 amide bonds. The number of esters is 1. The van der Waals surface area contributed by atoms with Crippen LogP contribution in [0.4, 0.5) is 0 Å². The van der Waals surface area contributed by atoms with E-state index < -0.39 is 0 Å². The zero-order valence-corrected chi connectivity index (χ0v) is 10.1. The van der Waals surface area contributed by atoms with Gasteiger partial charge in [-0.2, -0.15) is 0 Å². The van der Waals surface area contributed by atoms with Crippen LogP contribution in [0.1, 0.15) is 25.7 Å². The lowest BCUT2D eigenvalue weighted by Crippen LogP contribution is -2.26. The van der Waals surface area contributed by atoms with Crippen LogP contribution in [0.2, 0.25) is 0 Å². The van der Waals surface area contributed by atoms with E-state index in [0.717, 1.165) is 38.9 Å². The molecule has 0 aromatic heterocycles. The predicted octanol–water partition coefficient (Wildman–Crippen LogP) is 1.65. The smallest absolute Gasteiger partial charge is 0.330 e.